The smallest absolute Gasteiger partial charge is 0.176 e. The Morgan fingerprint density at radius 3 is 1.35 bits per heavy atom. The Bertz CT molecular complexity index is 946. The van der Waals surface area contributed by atoms with Gasteiger partial charge in [-0.3, -0.25) is 9.59 Å². The second-order valence-corrected chi connectivity index (χ2v) is 8.25. The summed E-state index contributed by atoms with van der Waals surface area (Å²) in [4.78, 5) is 27.1. The molecule has 2 fully saturated rings. The summed E-state index contributed by atoms with van der Waals surface area (Å²) in [5.41, 5.74) is 2.82. The first-order valence-corrected chi connectivity index (χ1v) is 9.23. The molecule has 6 atom stereocenters. The average Bonchev–Trinajstić information content (AvgIpc) is 3.56. The Balaban J connectivity index is 1.66. The Morgan fingerprint density at radius 1 is 0.654 bits per heavy atom. The molecule has 4 bridgehead atoms. The van der Waals surface area contributed by atoms with E-state index in [-0.39, 0.29) is 23.4 Å². The number of benzene rings is 2. The lowest BCUT2D eigenvalue weighted by molar-refractivity contribution is -0.138. The highest BCUT2D eigenvalue weighted by Crippen LogP contribution is 2.69. The third kappa shape index (κ3) is 1.27. The van der Waals surface area contributed by atoms with Crippen molar-refractivity contribution in [1.29, 1.82) is 0 Å². The zero-order valence-corrected chi connectivity index (χ0v) is 14.0. The highest BCUT2D eigenvalue weighted by molar-refractivity contribution is 6.10. The molecule has 7 rings (SSSR count). The Morgan fingerprint density at radius 2 is 1.00 bits per heavy atom. The maximum atomic E-state index is 13.6. The molecule has 2 aromatic rings. The first kappa shape index (κ1) is 13.8. The van der Waals surface area contributed by atoms with E-state index in [0.29, 0.717) is 13.2 Å². The fraction of sp³-hybridized carbons (Fsp3) is 0.364. The minimum absolute atomic E-state index is 0.0922. The van der Waals surface area contributed by atoms with Gasteiger partial charge in [-0.2, -0.15) is 0 Å². The normalized spacial score (nSPS) is 43.2. The molecule has 4 heteroatoms. The van der Waals surface area contributed by atoms with Gasteiger partial charge in [-0.1, -0.05) is 48.5 Å². The van der Waals surface area contributed by atoms with Crippen LogP contribution in [0.15, 0.2) is 48.5 Å². The Kier molecular flexibility index (Phi) is 2.13. The summed E-state index contributed by atoms with van der Waals surface area (Å²) >= 11 is 0. The number of hydrogen-bond acceptors (Lipinski definition) is 4. The number of fused-ring (bicyclic) bond motifs is 4. The predicted molar refractivity (Wildman–Crippen MR) is 91.2 cm³/mol. The van der Waals surface area contributed by atoms with Crippen LogP contribution in [0.1, 0.15) is 45.9 Å². The number of ether oxygens (including phenoxy) is 2. The summed E-state index contributed by atoms with van der Waals surface area (Å²) in [5.74, 6) is -1.07. The van der Waals surface area contributed by atoms with Gasteiger partial charge >= 0.3 is 0 Å². The molecule has 5 aliphatic rings. The molecule has 4 nitrogen and oxygen atoms in total. The fourth-order valence-electron chi connectivity index (χ4n) is 6.13. The van der Waals surface area contributed by atoms with E-state index in [1.54, 1.807) is 0 Å². The van der Waals surface area contributed by atoms with E-state index in [1.165, 1.54) is 11.1 Å². The number of epoxide rings is 2. The first-order valence-electron chi connectivity index (χ1n) is 9.23. The molecule has 0 amide bonds. The molecule has 0 aromatic heterocycles. The van der Waals surface area contributed by atoms with Crippen LogP contribution >= 0.6 is 0 Å². The molecule has 26 heavy (non-hydrogen) atoms. The van der Waals surface area contributed by atoms with Crippen LogP contribution in [0.2, 0.25) is 0 Å². The Hall–Kier alpha value is -2.30. The molecule has 2 unspecified atom stereocenters. The van der Waals surface area contributed by atoms with Crippen LogP contribution in [0.4, 0.5) is 0 Å². The molecule has 0 saturated carbocycles. The van der Waals surface area contributed by atoms with Crippen molar-refractivity contribution in [3.8, 4) is 0 Å². The first-order chi connectivity index (χ1) is 12.7. The lowest BCUT2D eigenvalue weighted by Gasteiger charge is -2.51. The highest BCUT2D eigenvalue weighted by Gasteiger charge is 2.77. The molecule has 2 heterocycles. The third-order valence-electron chi connectivity index (χ3n) is 7.31. The van der Waals surface area contributed by atoms with Gasteiger partial charge in [0.1, 0.15) is 0 Å². The topological polar surface area (TPSA) is 59.2 Å². The van der Waals surface area contributed by atoms with E-state index in [0.717, 1.165) is 11.1 Å². The molecular formula is C22H16O4. The lowest BCUT2D eigenvalue weighted by atomic mass is 9.49. The van der Waals surface area contributed by atoms with E-state index in [4.69, 9.17) is 9.47 Å². The van der Waals surface area contributed by atoms with E-state index in [2.05, 4.69) is 12.1 Å². The van der Waals surface area contributed by atoms with Crippen molar-refractivity contribution in [2.75, 3.05) is 13.2 Å². The molecule has 0 N–H and O–H groups in total. The van der Waals surface area contributed by atoms with Crippen molar-refractivity contribution >= 4 is 11.6 Å². The third-order valence-corrected chi connectivity index (χ3v) is 7.31. The fourth-order valence-corrected chi connectivity index (χ4v) is 6.13. The molecule has 128 valence electrons. The Labute approximate surface area is 150 Å². The van der Waals surface area contributed by atoms with Crippen molar-refractivity contribution in [2.24, 2.45) is 0 Å². The van der Waals surface area contributed by atoms with Gasteiger partial charge in [0.15, 0.2) is 22.8 Å². The quantitative estimate of drug-likeness (QED) is 0.689. The lowest BCUT2D eigenvalue weighted by Crippen LogP contribution is -2.57. The van der Waals surface area contributed by atoms with Crippen LogP contribution in [0.25, 0.3) is 0 Å². The van der Waals surface area contributed by atoms with Crippen molar-refractivity contribution in [3.05, 3.63) is 70.8 Å². The summed E-state index contributed by atoms with van der Waals surface area (Å²) in [7, 11) is 0. The SMILES string of the molecule is O=C1[C@H]2c3ccccc3[C@H]([C@H]3c4ccccc4[C@@H]2C(=O)C32CO2)C12CO2. The van der Waals surface area contributed by atoms with E-state index < -0.39 is 23.0 Å². The van der Waals surface area contributed by atoms with Gasteiger partial charge in [-0.15, -0.1) is 0 Å². The number of Topliss-reactive ketones (excluding diaryl/α,β-unsaturated/α-hetero) is 2. The summed E-state index contributed by atoms with van der Waals surface area (Å²) in [6.45, 7) is 0.911. The molecular weight excluding hydrogens is 328 g/mol. The van der Waals surface area contributed by atoms with E-state index in [9.17, 15) is 9.59 Å². The van der Waals surface area contributed by atoms with Gasteiger partial charge in [-0.25, -0.2) is 0 Å². The molecule has 2 saturated heterocycles. The van der Waals surface area contributed by atoms with E-state index in [1.807, 2.05) is 36.4 Å². The number of ketones is 2. The largest absolute Gasteiger partial charge is 0.361 e. The standard InChI is InChI=1S/C22H16O4/c23-19-15-11-5-1-3-7-13(11)17(21(19)9-25-21)18-14-8-4-2-6-12(14)16(15)20(24)22(18)10-26-22/h1-8,15-18H,9-10H2/t15-,16-,17+,18+,21?,22?/m0/s1. The number of carbonyl (C=O) groups excluding carboxylic acids is 2. The second kappa shape index (κ2) is 4.00. The molecule has 2 aromatic carbocycles. The van der Waals surface area contributed by atoms with Crippen LogP contribution in [0, 0.1) is 0 Å². The van der Waals surface area contributed by atoms with Crippen LogP contribution < -0.4 is 0 Å². The van der Waals surface area contributed by atoms with Gasteiger partial charge in [-0.05, 0) is 22.3 Å². The molecule has 3 aliphatic carbocycles. The number of carbonyl (C=O) groups is 2. The van der Waals surface area contributed by atoms with Gasteiger partial charge < -0.3 is 9.47 Å². The van der Waals surface area contributed by atoms with Crippen molar-refractivity contribution in [1.82, 2.24) is 0 Å². The van der Waals surface area contributed by atoms with Crippen LogP contribution in [0.3, 0.4) is 0 Å². The van der Waals surface area contributed by atoms with Gasteiger partial charge in [0.05, 0.1) is 25.0 Å². The van der Waals surface area contributed by atoms with Crippen molar-refractivity contribution in [3.63, 3.8) is 0 Å². The van der Waals surface area contributed by atoms with Gasteiger partial charge in [0, 0.05) is 11.8 Å². The maximum Gasteiger partial charge on any atom is 0.176 e. The van der Waals surface area contributed by atoms with Crippen LogP contribution in [-0.2, 0) is 19.1 Å². The number of hydrogen-bond donors (Lipinski definition) is 0. The summed E-state index contributed by atoms with van der Waals surface area (Å²) in [5, 5.41) is 0. The number of rotatable bonds is 0. The minimum Gasteiger partial charge on any atom is -0.361 e. The maximum absolute atomic E-state index is 13.6. The zero-order chi connectivity index (χ0) is 17.3. The molecule has 0 radical (unpaired) electrons. The monoisotopic (exact) mass is 344 g/mol. The average molecular weight is 344 g/mol. The van der Waals surface area contributed by atoms with Crippen LogP contribution in [0.5, 0.6) is 0 Å². The summed E-state index contributed by atoms with van der Waals surface area (Å²) in [6.07, 6.45) is 0. The second-order valence-electron chi connectivity index (χ2n) is 8.25. The minimum atomic E-state index is -0.769. The van der Waals surface area contributed by atoms with Crippen molar-refractivity contribution in [2.45, 2.75) is 34.9 Å². The van der Waals surface area contributed by atoms with Gasteiger partial charge in [0.25, 0.3) is 0 Å². The van der Waals surface area contributed by atoms with Crippen molar-refractivity contribution < 1.29 is 19.1 Å². The summed E-state index contributed by atoms with van der Waals surface area (Å²) in [6, 6.07) is 16.3. The molecule has 2 aliphatic heterocycles. The van der Waals surface area contributed by atoms with E-state index >= 15 is 0 Å². The highest BCUT2D eigenvalue weighted by atomic mass is 16.6. The molecule has 2 spiro atoms. The summed E-state index contributed by atoms with van der Waals surface area (Å²) < 4.78 is 11.8. The predicted octanol–water partition coefficient (Wildman–Crippen LogP) is 2.44. The van der Waals surface area contributed by atoms with Crippen LogP contribution in [-0.4, -0.2) is 36.0 Å². The van der Waals surface area contributed by atoms with Gasteiger partial charge in [0.2, 0.25) is 0 Å². The zero-order valence-electron chi connectivity index (χ0n) is 14.0.